The van der Waals surface area contributed by atoms with E-state index < -0.39 is 0 Å². The van der Waals surface area contributed by atoms with Crippen LogP contribution < -0.4 is 5.73 Å². The minimum Gasteiger partial charge on any atom is -0.330 e. The fourth-order valence-electron chi connectivity index (χ4n) is 1.75. The van der Waals surface area contributed by atoms with Crippen molar-refractivity contribution in [2.24, 2.45) is 5.73 Å². The van der Waals surface area contributed by atoms with E-state index in [9.17, 15) is 0 Å². The monoisotopic (exact) mass is 247 g/mol. The average molecular weight is 247 g/mol. The third-order valence-corrected chi connectivity index (χ3v) is 2.72. The second kappa shape index (κ2) is 7.20. The Morgan fingerprint density at radius 2 is 1.58 bits per heavy atom. The molecule has 0 aliphatic rings. The Labute approximate surface area is 114 Å². The molecule has 0 fully saturated rings. The first-order valence-electron chi connectivity index (χ1n) is 6.43. The molecule has 0 aliphatic carbocycles. The predicted octanol–water partition coefficient (Wildman–Crippen LogP) is 3.47. The number of allylic oxidation sites excluding steroid dienone is 1. The summed E-state index contributed by atoms with van der Waals surface area (Å²) in [6.45, 7) is 0.642. The molecule has 0 heterocycles. The van der Waals surface area contributed by atoms with Crippen LogP contribution in [0.5, 0.6) is 0 Å². The molecule has 1 heteroatoms. The van der Waals surface area contributed by atoms with E-state index in [-0.39, 0.29) is 0 Å². The van der Waals surface area contributed by atoms with E-state index in [1.165, 1.54) is 0 Å². The SMILES string of the molecule is NCC/C=C(\C#Cc1ccccc1)c1ccccc1. The first-order chi connectivity index (χ1) is 9.40. The van der Waals surface area contributed by atoms with Gasteiger partial charge in [0.1, 0.15) is 0 Å². The van der Waals surface area contributed by atoms with Gasteiger partial charge in [-0.05, 0) is 30.7 Å². The Bertz CT molecular complexity index is 586. The van der Waals surface area contributed by atoms with Crippen LogP contribution in [0.15, 0.2) is 66.7 Å². The maximum Gasteiger partial charge on any atom is 0.0282 e. The normalized spacial score (nSPS) is 10.7. The average Bonchev–Trinajstić information content (AvgIpc) is 2.49. The molecular formula is C18H17N. The molecule has 2 aromatic rings. The van der Waals surface area contributed by atoms with E-state index in [4.69, 9.17) is 5.73 Å². The van der Waals surface area contributed by atoms with Gasteiger partial charge in [-0.2, -0.15) is 0 Å². The molecule has 2 aromatic carbocycles. The molecule has 0 radical (unpaired) electrons. The summed E-state index contributed by atoms with van der Waals surface area (Å²) >= 11 is 0. The molecule has 94 valence electrons. The summed E-state index contributed by atoms with van der Waals surface area (Å²) < 4.78 is 0. The number of rotatable bonds is 3. The van der Waals surface area contributed by atoms with Crippen LogP contribution in [0.4, 0.5) is 0 Å². The molecule has 0 spiro atoms. The van der Waals surface area contributed by atoms with Gasteiger partial charge in [0.25, 0.3) is 0 Å². The highest BCUT2D eigenvalue weighted by Gasteiger charge is 1.96. The molecule has 0 aliphatic heterocycles. The maximum absolute atomic E-state index is 5.57. The van der Waals surface area contributed by atoms with Gasteiger partial charge >= 0.3 is 0 Å². The largest absolute Gasteiger partial charge is 0.330 e. The van der Waals surface area contributed by atoms with Crippen LogP contribution in [-0.2, 0) is 0 Å². The molecule has 1 nitrogen and oxygen atoms in total. The molecule has 0 bridgehead atoms. The molecule has 2 N–H and O–H groups in total. The summed E-state index contributed by atoms with van der Waals surface area (Å²) in [7, 11) is 0. The molecule has 2 rings (SSSR count). The van der Waals surface area contributed by atoms with E-state index in [0.29, 0.717) is 6.54 Å². The third kappa shape index (κ3) is 4.13. The van der Waals surface area contributed by atoms with Crippen molar-refractivity contribution in [1.82, 2.24) is 0 Å². The minimum atomic E-state index is 0.642. The number of hydrogen-bond acceptors (Lipinski definition) is 1. The maximum atomic E-state index is 5.57. The lowest BCUT2D eigenvalue weighted by Crippen LogP contribution is -1.96. The van der Waals surface area contributed by atoms with Crippen molar-refractivity contribution < 1.29 is 0 Å². The number of nitrogens with two attached hydrogens (primary N) is 1. The lowest BCUT2D eigenvalue weighted by atomic mass is 10.0. The molecule has 0 amide bonds. The fraction of sp³-hybridized carbons (Fsp3) is 0.111. The van der Waals surface area contributed by atoms with Crippen LogP contribution >= 0.6 is 0 Å². The van der Waals surface area contributed by atoms with Crippen LogP contribution in [0.1, 0.15) is 17.5 Å². The Balaban J connectivity index is 2.28. The van der Waals surface area contributed by atoms with Gasteiger partial charge in [-0.1, -0.05) is 66.4 Å². The first-order valence-corrected chi connectivity index (χ1v) is 6.43. The molecule has 19 heavy (non-hydrogen) atoms. The van der Waals surface area contributed by atoms with Crippen molar-refractivity contribution in [2.75, 3.05) is 6.54 Å². The summed E-state index contributed by atoms with van der Waals surface area (Å²) in [6, 6.07) is 20.2. The highest BCUT2D eigenvalue weighted by atomic mass is 14.5. The Morgan fingerprint density at radius 1 is 0.947 bits per heavy atom. The summed E-state index contributed by atoms with van der Waals surface area (Å²) in [5.74, 6) is 6.44. The quantitative estimate of drug-likeness (QED) is 0.826. The van der Waals surface area contributed by atoms with Crippen molar-refractivity contribution in [3.05, 3.63) is 77.9 Å². The summed E-state index contributed by atoms with van der Waals surface area (Å²) in [5, 5.41) is 0. The second-order valence-corrected chi connectivity index (χ2v) is 4.18. The van der Waals surface area contributed by atoms with Crippen molar-refractivity contribution in [3.8, 4) is 11.8 Å². The topological polar surface area (TPSA) is 26.0 Å². The van der Waals surface area contributed by atoms with E-state index >= 15 is 0 Å². The lowest BCUT2D eigenvalue weighted by Gasteiger charge is -2.00. The van der Waals surface area contributed by atoms with Crippen LogP contribution in [0.25, 0.3) is 5.57 Å². The van der Waals surface area contributed by atoms with Gasteiger partial charge in [0, 0.05) is 11.1 Å². The molecule has 0 aromatic heterocycles. The number of benzene rings is 2. The predicted molar refractivity (Wildman–Crippen MR) is 81.4 cm³/mol. The smallest absolute Gasteiger partial charge is 0.0282 e. The lowest BCUT2D eigenvalue weighted by molar-refractivity contribution is 1.01. The second-order valence-electron chi connectivity index (χ2n) is 4.18. The number of hydrogen-bond donors (Lipinski definition) is 1. The van der Waals surface area contributed by atoms with Crippen LogP contribution in [0, 0.1) is 11.8 Å². The third-order valence-electron chi connectivity index (χ3n) is 2.72. The van der Waals surface area contributed by atoms with Gasteiger partial charge in [-0.3, -0.25) is 0 Å². The van der Waals surface area contributed by atoms with Gasteiger partial charge in [0.2, 0.25) is 0 Å². The van der Waals surface area contributed by atoms with Crippen LogP contribution in [0.2, 0.25) is 0 Å². The zero-order valence-electron chi connectivity index (χ0n) is 10.8. The van der Waals surface area contributed by atoms with Crippen molar-refractivity contribution >= 4 is 5.57 Å². The summed E-state index contributed by atoms with van der Waals surface area (Å²) in [6.07, 6.45) is 2.94. The van der Waals surface area contributed by atoms with Gasteiger partial charge in [-0.15, -0.1) is 0 Å². The molecule has 0 saturated carbocycles. The molecule has 0 unspecified atom stereocenters. The van der Waals surface area contributed by atoms with E-state index in [1.807, 2.05) is 48.5 Å². The van der Waals surface area contributed by atoms with Crippen molar-refractivity contribution in [3.63, 3.8) is 0 Å². The fourth-order valence-corrected chi connectivity index (χ4v) is 1.75. The minimum absolute atomic E-state index is 0.642. The zero-order chi connectivity index (χ0) is 13.3. The molecule has 0 atom stereocenters. The van der Waals surface area contributed by atoms with Gasteiger partial charge in [0.15, 0.2) is 0 Å². The van der Waals surface area contributed by atoms with Crippen LogP contribution in [0.3, 0.4) is 0 Å². The first kappa shape index (κ1) is 13.1. The highest BCUT2D eigenvalue weighted by molar-refractivity contribution is 5.79. The molecular weight excluding hydrogens is 230 g/mol. The van der Waals surface area contributed by atoms with E-state index in [1.54, 1.807) is 0 Å². The van der Waals surface area contributed by atoms with E-state index in [2.05, 4.69) is 30.0 Å². The Kier molecular flexibility index (Phi) is 4.98. The van der Waals surface area contributed by atoms with Gasteiger partial charge in [0.05, 0.1) is 0 Å². The van der Waals surface area contributed by atoms with Gasteiger partial charge < -0.3 is 5.73 Å². The standard InChI is InChI=1S/C18H17N/c19-15-7-12-18(17-10-5-2-6-11-17)14-13-16-8-3-1-4-9-16/h1-6,8-12H,7,15,19H2/b18-12+. The van der Waals surface area contributed by atoms with Gasteiger partial charge in [-0.25, -0.2) is 0 Å². The Hall–Kier alpha value is -2.30. The zero-order valence-corrected chi connectivity index (χ0v) is 10.8. The summed E-state index contributed by atoms with van der Waals surface area (Å²) in [5.41, 5.74) is 8.77. The van der Waals surface area contributed by atoms with Crippen LogP contribution in [-0.4, -0.2) is 6.54 Å². The van der Waals surface area contributed by atoms with Crippen molar-refractivity contribution in [1.29, 1.82) is 0 Å². The molecule has 0 saturated heterocycles. The summed E-state index contributed by atoms with van der Waals surface area (Å²) in [4.78, 5) is 0. The van der Waals surface area contributed by atoms with E-state index in [0.717, 1.165) is 23.1 Å². The highest BCUT2D eigenvalue weighted by Crippen LogP contribution is 2.13. The Morgan fingerprint density at radius 3 is 2.21 bits per heavy atom. The van der Waals surface area contributed by atoms with Crippen molar-refractivity contribution in [2.45, 2.75) is 6.42 Å².